The molecule has 176 valence electrons. The van der Waals surface area contributed by atoms with Gasteiger partial charge in [-0.15, -0.1) is 0 Å². The highest BCUT2D eigenvalue weighted by molar-refractivity contribution is 7.22. The smallest absolute Gasteiger partial charge is 0.254 e. The molecule has 2 aromatic carbocycles. The summed E-state index contributed by atoms with van der Waals surface area (Å²) in [6, 6.07) is 4.13. The van der Waals surface area contributed by atoms with Crippen LogP contribution in [0, 0.1) is 5.82 Å². The molecule has 2 amide bonds. The summed E-state index contributed by atoms with van der Waals surface area (Å²) in [6.45, 7) is 4.94. The number of nitrogen functional groups attached to an aromatic ring is 1. The number of nitrogens with two attached hydrogens (primary N) is 1. The number of hydrogen-bond acceptors (Lipinski definition) is 6. The number of rotatable bonds is 2. The fraction of sp³-hybridized carbons (Fsp3) is 0.261. The van der Waals surface area contributed by atoms with E-state index in [1.165, 1.54) is 12.1 Å². The van der Waals surface area contributed by atoms with E-state index in [1.54, 1.807) is 21.9 Å². The Labute approximate surface area is 208 Å². The first-order valence-electron chi connectivity index (χ1n) is 10.5. The minimum atomic E-state index is -0.440. The molecule has 3 aromatic rings. The van der Waals surface area contributed by atoms with Crippen LogP contribution in [0.15, 0.2) is 30.9 Å². The summed E-state index contributed by atoms with van der Waals surface area (Å²) in [5, 5.41) is 0.696. The standard InChI is InChI=1S/C23H19Cl2FN4O3S/c1-2-17(31)29-5-6-30-11(8-29)9-33-10-14-13(22(30)32)7-15(24)18(19(14)25)12-3-4-16(26)21-20(12)28-23(27)34-21/h2-4,7,11H,1,5-6,8-10H2,(H2,27,28)/t11-/m0/s1. The monoisotopic (exact) mass is 520 g/mol. The molecular formula is C23H19Cl2FN4O3S. The number of carbonyl (C=O) groups is 2. The summed E-state index contributed by atoms with van der Waals surface area (Å²) in [6.07, 6.45) is 1.26. The van der Waals surface area contributed by atoms with Gasteiger partial charge in [-0.05, 0) is 24.3 Å². The van der Waals surface area contributed by atoms with Crippen LogP contribution in [0.3, 0.4) is 0 Å². The fourth-order valence-corrected chi connectivity index (χ4v) is 5.96. The summed E-state index contributed by atoms with van der Waals surface area (Å²) >= 11 is 14.5. The van der Waals surface area contributed by atoms with Crippen LogP contribution in [-0.4, -0.2) is 58.9 Å². The lowest BCUT2D eigenvalue weighted by Gasteiger charge is -2.42. The van der Waals surface area contributed by atoms with Crippen molar-refractivity contribution in [2.75, 3.05) is 32.0 Å². The number of ether oxygens (including phenoxy) is 1. The predicted octanol–water partition coefficient (Wildman–Crippen LogP) is 4.36. The van der Waals surface area contributed by atoms with Gasteiger partial charge in [0.25, 0.3) is 5.91 Å². The maximum Gasteiger partial charge on any atom is 0.254 e. The van der Waals surface area contributed by atoms with E-state index >= 15 is 0 Å². The molecule has 0 unspecified atom stereocenters. The number of amides is 2. The number of benzene rings is 2. The van der Waals surface area contributed by atoms with Gasteiger partial charge in [0.1, 0.15) is 5.82 Å². The number of carbonyl (C=O) groups excluding carboxylic acids is 2. The Morgan fingerprint density at radius 2 is 2.12 bits per heavy atom. The van der Waals surface area contributed by atoms with Crippen molar-refractivity contribution in [3.05, 3.63) is 57.8 Å². The first-order valence-corrected chi connectivity index (χ1v) is 12.0. The normalized spacial score (nSPS) is 18.3. The lowest BCUT2D eigenvalue weighted by molar-refractivity contribution is -0.129. The minimum absolute atomic E-state index is 0.0767. The zero-order chi connectivity index (χ0) is 24.1. The Morgan fingerprint density at radius 1 is 1.32 bits per heavy atom. The second kappa shape index (κ2) is 8.81. The minimum Gasteiger partial charge on any atom is -0.375 e. The summed E-state index contributed by atoms with van der Waals surface area (Å²) in [4.78, 5) is 33.2. The highest BCUT2D eigenvalue weighted by atomic mass is 35.5. The number of aromatic nitrogens is 1. The lowest BCUT2D eigenvalue weighted by Crippen LogP contribution is -2.58. The van der Waals surface area contributed by atoms with Gasteiger partial charge in [-0.2, -0.15) is 0 Å². The molecule has 5 rings (SSSR count). The Kier molecular flexibility index (Phi) is 5.97. The van der Waals surface area contributed by atoms with Crippen molar-refractivity contribution in [1.82, 2.24) is 14.8 Å². The number of anilines is 1. The summed E-state index contributed by atoms with van der Waals surface area (Å²) in [5.41, 5.74) is 7.97. The average molecular weight is 521 g/mol. The first-order chi connectivity index (χ1) is 16.3. The van der Waals surface area contributed by atoms with Gasteiger partial charge in [-0.1, -0.05) is 41.1 Å². The average Bonchev–Trinajstić information content (AvgIpc) is 3.22. The predicted molar refractivity (Wildman–Crippen MR) is 131 cm³/mol. The Balaban J connectivity index is 1.58. The molecule has 0 saturated carbocycles. The molecule has 1 atom stereocenters. The molecule has 11 heteroatoms. The van der Waals surface area contributed by atoms with Crippen LogP contribution in [0.2, 0.25) is 10.0 Å². The van der Waals surface area contributed by atoms with Gasteiger partial charge in [-0.3, -0.25) is 9.59 Å². The zero-order valence-corrected chi connectivity index (χ0v) is 20.1. The number of thiazole rings is 1. The molecule has 2 aliphatic rings. The third-order valence-corrected chi connectivity index (χ3v) is 7.73. The van der Waals surface area contributed by atoms with E-state index in [-0.39, 0.29) is 46.2 Å². The maximum atomic E-state index is 14.3. The van der Waals surface area contributed by atoms with Crippen molar-refractivity contribution < 1.29 is 18.7 Å². The van der Waals surface area contributed by atoms with Crippen LogP contribution < -0.4 is 5.73 Å². The van der Waals surface area contributed by atoms with E-state index in [1.807, 2.05) is 0 Å². The molecule has 1 fully saturated rings. The van der Waals surface area contributed by atoms with Gasteiger partial charge >= 0.3 is 0 Å². The van der Waals surface area contributed by atoms with Gasteiger partial charge in [0.2, 0.25) is 5.91 Å². The molecule has 2 N–H and O–H groups in total. The zero-order valence-electron chi connectivity index (χ0n) is 17.8. The van der Waals surface area contributed by atoms with Gasteiger partial charge in [-0.25, -0.2) is 9.37 Å². The quantitative estimate of drug-likeness (QED) is 0.507. The molecule has 1 aromatic heterocycles. The van der Waals surface area contributed by atoms with Crippen LogP contribution in [-0.2, 0) is 16.1 Å². The van der Waals surface area contributed by atoms with Gasteiger partial charge < -0.3 is 20.3 Å². The Morgan fingerprint density at radius 3 is 2.88 bits per heavy atom. The van der Waals surface area contributed by atoms with Crippen LogP contribution in [0.25, 0.3) is 21.3 Å². The fourth-order valence-electron chi connectivity index (χ4n) is 4.48. The van der Waals surface area contributed by atoms with Gasteiger partial charge in [0.15, 0.2) is 5.13 Å². The van der Waals surface area contributed by atoms with Crippen molar-refractivity contribution in [2.45, 2.75) is 12.6 Å². The van der Waals surface area contributed by atoms with Crippen molar-refractivity contribution in [2.24, 2.45) is 0 Å². The topological polar surface area (TPSA) is 88.8 Å². The molecule has 0 aliphatic carbocycles. The molecule has 34 heavy (non-hydrogen) atoms. The number of piperazine rings is 1. The number of fused-ring (bicyclic) bond motifs is 3. The third-order valence-electron chi connectivity index (χ3n) is 6.12. The molecular weight excluding hydrogens is 502 g/mol. The van der Waals surface area contributed by atoms with E-state index in [9.17, 15) is 14.0 Å². The van der Waals surface area contributed by atoms with Crippen molar-refractivity contribution >= 4 is 61.7 Å². The lowest BCUT2D eigenvalue weighted by atomic mass is 9.96. The van der Waals surface area contributed by atoms with E-state index in [4.69, 9.17) is 33.7 Å². The van der Waals surface area contributed by atoms with Crippen molar-refractivity contribution in [3.63, 3.8) is 0 Å². The highest BCUT2D eigenvalue weighted by Gasteiger charge is 2.36. The van der Waals surface area contributed by atoms with E-state index in [2.05, 4.69) is 11.6 Å². The van der Waals surface area contributed by atoms with Crippen molar-refractivity contribution in [1.29, 1.82) is 0 Å². The molecule has 2 aliphatic heterocycles. The summed E-state index contributed by atoms with van der Waals surface area (Å²) in [7, 11) is 0. The molecule has 0 bridgehead atoms. The van der Waals surface area contributed by atoms with E-state index in [0.717, 1.165) is 11.3 Å². The second-order valence-corrected chi connectivity index (χ2v) is 9.87. The first kappa shape index (κ1) is 23.0. The van der Waals surface area contributed by atoms with Crippen LogP contribution >= 0.6 is 34.5 Å². The Bertz CT molecular complexity index is 1360. The van der Waals surface area contributed by atoms with Crippen LogP contribution in [0.5, 0.6) is 0 Å². The maximum absolute atomic E-state index is 14.3. The molecule has 0 radical (unpaired) electrons. The third kappa shape index (κ3) is 3.73. The number of halogens is 3. The Hall–Kier alpha value is -2.72. The molecule has 7 nitrogen and oxygen atoms in total. The van der Waals surface area contributed by atoms with Crippen molar-refractivity contribution in [3.8, 4) is 11.1 Å². The van der Waals surface area contributed by atoms with Gasteiger partial charge in [0, 0.05) is 41.9 Å². The number of nitrogens with zero attached hydrogens (tertiary/aromatic N) is 3. The van der Waals surface area contributed by atoms with Crippen LogP contribution in [0.1, 0.15) is 15.9 Å². The second-order valence-electron chi connectivity index (χ2n) is 8.05. The highest BCUT2D eigenvalue weighted by Crippen LogP contribution is 2.44. The largest absolute Gasteiger partial charge is 0.375 e. The number of hydrogen-bond donors (Lipinski definition) is 1. The molecule has 0 spiro atoms. The summed E-state index contributed by atoms with van der Waals surface area (Å²) < 4.78 is 20.6. The van der Waals surface area contributed by atoms with Crippen LogP contribution in [0.4, 0.5) is 9.52 Å². The van der Waals surface area contributed by atoms with E-state index < -0.39 is 5.82 Å². The van der Waals surface area contributed by atoms with Gasteiger partial charge in [0.05, 0.1) is 39.5 Å². The van der Waals surface area contributed by atoms with E-state index in [0.29, 0.717) is 52.1 Å². The molecule has 3 heterocycles. The molecule has 1 saturated heterocycles. The summed E-state index contributed by atoms with van der Waals surface area (Å²) in [5.74, 6) is -0.852. The SMILES string of the molecule is C=CC(=O)N1CCN2C(=O)c3cc(Cl)c(-c4ccc(F)c5sc(N)nc45)c(Cl)c3COC[C@@H]2C1.